The molecular formula is C13H10BrFN2O2. The van der Waals surface area contributed by atoms with Gasteiger partial charge in [-0.3, -0.25) is 0 Å². The molecule has 0 radical (unpaired) electrons. The van der Waals surface area contributed by atoms with Crippen LogP contribution in [0, 0.1) is 5.82 Å². The van der Waals surface area contributed by atoms with Crippen molar-refractivity contribution in [1.29, 1.82) is 0 Å². The number of nitrogens with two attached hydrogens (primary N) is 1. The molecule has 6 heteroatoms. The van der Waals surface area contributed by atoms with Crippen molar-refractivity contribution in [2.24, 2.45) is 0 Å². The number of carboxylic acids is 1. The molecule has 0 spiro atoms. The van der Waals surface area contributed by atoms with Gasteiger partial charge in [0.2, 0.25) is 0 Å². The highest BCUT2D eigenvalue weighted by Crippen LogP contribution is 2.29. The van der Waals surface area contributed by atoms with E-state index in [4.69, 9.17) is 10.8 Å². The van der Waals surface area contributed by atoms with E-state index in [2.05, 4.69) is 21.2 Å². The average Bonchev–Trinajstić information content (AvgIpc) is 2.34. The number of anilines is 3. The summed E-state index contributed by atoms with van der Waals surface area (Å²) < 4.78 is 13.5. The zero-order valence-corrected chi connectivity index (χ0v) is 11.2. The summed E-state index contributed by atoms with van der Waals surface area (Å²) in [7, 11) is 0. The van der Waals surface area contributed by atoms with Crippen molar-refractivity contribution in [2.75, 3.05) is 11.1 Å². The lowest BCUT2D eigenvalue weighted by molar-refractivity contribution is 0.0697. The normalized spacial score (nSPS) is 10.2. The minimum Gasteiger partial charge on any atom is -0.478 e. The van der Waals surface area contributed by atoms with Crippen LogP contribution in [0.15, 0.2) is 40.9 Å². The van der Waals surface area contributed by atoms with Crippen molar-refractivity contribution in [1.82, 2.24) is 0 Å². The van der Waals surface area contributed by atoms with E-state index in [0.29, 0.717) is 21.5 Å². The number of aromatic carboxylic acids is 1. The quantitative estimate of drug-likeness (QED) is 0.754. The Bertz CT molecular complexity index is 647. The number of rotatable bonds is 3. The third-order valence-electron chi connectivity index (χ3n) is 2.50. The first-order chi connectivity index (χ1) is 8.97. The predicted octanol–water partition coefficient (Wildman–Crippen LogP) is 3.61. The molecule has 0 atom stereocenters. The van der Waals surface area contributed by atoms with Crippen LogP contribution in [0.25, 0.3) is 0 Å². The first-order valence-electron chi connectivity index (χ1n) is 5.32. The van der Waals surface area contributed by atoms with Crippen LogP contribution in [-0.2, 0) is 0 Å². The van der Waals surface area contributed by atoms with Crippen molar-refractivity contribution in [3.63, 3.8) is 0 Å². The number of nitrogens with one attached hydrogen (secondary N) is 1. The largest absolute Gasteiger partial charge is 0.478 e. The monoisotopic (exact) mass is 324 g/mol. The minimum atomic E-state index is -1.04. The molecule has 0 amide bonds. The lowest BCUT2D eigenvalue weighted by Gasteiger charge is -2.11. The summed E-state index contributed by atoms with van der Waals surface area (Å²) in [5, 5.41) is 11.9. The van der Waals surface area contributed by atoms with Gasteiger partial charge in [0.1, 0.15) is 5.82 Å². The van der Waals surface area contributed by atoms with E-state index in [1.807, 2.05) is 0 Å². The fraction of sp³-hybridized carbons (Fsp3) is 0. The Kier molecular flexibility index (Phi) is 3.71. The molecule has 0 aliphatic heterocycles. The third-order valence-corrected chi connectivity index (χ3v) is 3.16. The fourth-order valence-electron chi connectivity index (χ4n) is 1.53. The summed E-state index contributed by atoms with van der Waals surface area (Å²) in [4.78, 5) is 10.9. The van der Waals surface area contributed by atoms with E-state index in [-0.39, 0.29) is 11.4 Å². The van der Waals surface area contributed by atoms with E-state index in [0.717, 1.165) is 0 Å². The minimum absolute atomic E-state index is 0.120. The fourth-order valence-corrected chi connectivity index (χ4v) is 1.98. The number of nitrogen functional groups attached to an aromatic ring is 1. The van der Waals surface area contributed by atoms with Gasteiger partial charge in [-0.05, 0) is 52.3 Å². The summed E-state index contributed by atoms with van der Waals surface area (Å²) in [5.41, 5.74) is 7.34. The summed E-state index contributed by atoms with van der Waals surface area (Å²) in [6, 6.07) is 8.48. The van der Waals surface area contributed by atoms with Crippen LogP contribution in [0.5, 0.6) is 0 Å². The molecule has 2 aromatic rings. The Morgan fingerprint density at radius 2 is 1.95 bits per heavy atom. The first-order valence-corrected chi connectivity index (χ1v) is 6.11. The van der Waals surface area contributed by atoms with Crippen molar-refractivity contribution < 1.29 is 14.3 Å². The van der Waals surface area contributed by atoms with Crippen LogP contribution in [0.3, 0.4) is 0 Å². The SMILES string of the molecule is Nc1ccc(C(=O)O)cc1Nc1ccc(F)cc1Br. The Hall–Kier alpha value is -2.08. The maximum Gasteiger partial charge on any atom is 0.335 e. The molecule has 0 aliphatic rings. The zero-order valence-electron chi connectivity index (χ0n) is 9.65. The second-order valence-electron chi connectivity index (χ2n) is 3.86. The zero-order chi connectivity index (χ0) is 14.0. The molecule has 19 heavy (non-hydrogen) atoms. The maximum atomic E-state index is 13.0. The molecule has 0 aromatic heterocycles. The maximum absolute atomic E-state index is 13.0. The standard InChI is InChI=1S/C13H10BrFN2O2/c14-9-6-8(15)2-4-11(9)17-12-5-7(13(18)19)1-3-10(12)16/h1-6,17H,16H2,(H,18,19). The molecule has 4 N–H and O–H groups in total. The van der Waals surface area contributed by atoms with Gasteiger partial charge in [0, 0.05) is 4.47 Å². The summed E-state index contributed by atoms with van der Waals surface area (Å²) >= 11 is 3.22. The Morgan fingerprint density at radius 1 is 1.21 bits per heavy atom. The molecule has 0 saturated heterocycles. The average molecular weight is 325 g/mol. The Balaban J connectivity index is 2.37. The van der Waals surface area contributed by atoms with E-state index >= 15 is 0 Å². The van der Waals surface area contributed by atoms with Gasteiger partial charge in [0.15, 0.2) is 0 Å². The Labute approximate surface area is 117 Å². The third kappa shape index (κ3) is 3.03. The molecule has 98 valence electrons. The molecule has 0 aliphatic carbocycles. The number of carbonyl (C=O) groups is 1. The van der Waals surface area contributed by atoms with Gasteiger partial charge in [-0.2, -0.15) is 0 Å². The summed E-state index contributed by atoms with van der Waals surface area (Å²) in [6.45, 7) is 0. The van der Waals surface area contributed by atoms with Crippen LogP contribution >= 0.6 is 15.9 Å². The van der Waals surface area contributed by atoms with Gasteiger partial charge in [-0.1, -0.05) is 0 Å². The van der Waals surface area contributed by atoms with Gasteiger partial charge >= 0.3 is 5.97 Å². The smallest absolute Gasteiger partial charge is 0.335 e. The number of carboxylic acid groups (broad SMARTS) is 1. The second kappa shape index (κ2) is 5.27. The topological polar surface area (TPSA) is 75.4 Å². The number of hydrogen-bond acceptors (Lipinski definition) is 3. The van der Waals surface area contributed by atoms with Crippen LogP contribution in [-0.4, -0.2) is 11.1 Å². The molecule has 4 nitrogen and oxygen atoms in total. The Morgan fingerprint density at radius 3 is 2.58 bits per heavy atom. The van der Waals surface area contributed by atoms with E-state index in [1.165, 1.54) is 36.4 Å². The van der Waals surface area contributed by atoms with Crippen molar-refractivity contribution in [3.8, 4) is 0 Å². The van der Waals surface area contributed by atoms with E-state index in [1.54, 1.807) is 0 Å². The molecule has 0 fully saturated rings. The van der Waals surface area contributed by atoms with Gasteiger partial charge in [0.05, 0.1) is 22.6 Å². The van der Waals surface area contributed by atoms with Crippen LogP contribution in [0.2, 0.25) is 0 Å². The van der Waals surface area contributed by atoms with E-state index in [9.17, 15) is 9.18 Å². The molecular weight excluding hydrogens is 315 g/mol. The number of halogens is 2. The van der Waals surface area contributed by atoms with Crippen molar-refractivity contribution in [3.05, 3.63) is 52.3 Å². The second-order valence-corrected chi connectivity index (χ2v) is 4.71. The lowest BCUT2D eigenvalue weighted by Crippen LogP contribution is -2.01. The highest BCUT2D eigenvalue weighted by Gasteiger charge is 2.08. The number of hydrogen-bond donors (Lipinski definition) is 3. The highest BCUT2D eigenvalue weighted by atomic mass is 79.9. The molecule has 0 unspecified atom stereocenters. The lowest BCUT2D eigenvalue weighted by atomic mass is 10.1. The summed E-state index contributed by atoms with van der Waals surface area (Å²) in [5.74, 6) is -1.41. The predicted molar refractivity (Wildman–Crippen MR) is 75.2 cm³/mol. The molecule has 0 heterocycles. The van der Waals surface area contributed by atoms with Crippen LogP contribution in [0.4, 0.5) is 21.5 Å². The molecule has 2 aromatic carbocycles. The van der Waals surface area contributed by atoms with Gasteiger partial charge in [0.25, 0.3) is 0 Å². The first kappa shape index (κ1) is 13.4. The molecule has 0 saturated carbocycles. The van der Waals surface area contributed by atoms with Crippen molar-refractivity contribution >= 4 is 39.0 Å². The van der Waals surface area contributed by atoms with Gasteiger partial charge in [-0.15, -0.1) is 0 Å². The molecule has 0 bridgehead atoms. The van der Waals surface area contributed by atoms with Gasteiger partial charge in [-0.25, -0.2) is 9.18 Å². The van der Waals surface area contributed by atoms with Crippen LogP contribution < -0.4 is 11.1 Å². The summed E-state index contributed by atoms with van der Waals surface area (Å²) in [6.07, 6.45) is 0. The van der Waals surface area contributed by atoms with E-state index < -0.39 is 5.97 Å². The van der Waals surface area contributed by atoms with Gasteiger partial charge < -0.3 is 16.2 Å². The van der Waals surface area contributed by atoms with Crippen molar-refractivity contribution in [2.45, 2.75) is 0 Å². The molecule has 2 rings (SSSR count). The highest BCUT2D eigenvalue weighted by molar-refractivity contribution is 9.10. The number of benzene rings is 2. The van der Waals surface area contributed by atoms with Crippen LogP contribution in [0.1, 0.15) is 10.4 Å².